The summed E-state index contributed by atoms with van der Waals surface area (Å²) in [5.41, 5.74) is 1.54. The van der Waals surface area contributed by atoms with Gasteiger partial charge in [0.15, 0.2) is 5.76 Å². The summed E-state index contributed by atoms with van der Waals surface area (Å²) in [7, 11) is -1.58. The number of anilines is 1. The molecular weight excluding hydrogens is 428 g/mol. The molecule has 1 aromatic heterocycles. The molecule has 1 unspecified atom stereocenters. The summed E-state index contributed by atoms with van der Waals surface area (Å²) in [5, 5.41) is 6.82. The Kier molecular flexibility index (Phi) is 7.95. The van der Waals surface area contributed by atoms with E-state index in [0.29, 0.717) is 43.9 Å². The van der Waals surface area contributed by atoms with E-state index < -0.39 is 10.0 Å². The highest BCUT2D eigenvalue weighted by molar-refractivity contribution is 7.89. The first kappa shape index (κ1) is 24.3. The van der Waals surface area contributed by atoms with Crippen molar-refractivity contribution in [3.05, 3.63) is 41.8 Å². The van der Waals surface area contributed by atoms with Crippen molar-refractivity contribution in [3.63, 3.8) is 0 Å². The second kappa shape index (κ2) is 10.5. The third-order valence-corrected chi connectivity index (χ3v) is 8.50. The third-order valence-electron chi connectivity index (χ3n) is 6.35. The van der Waals surface area contributed by atoms with Crippen LogP contribution >= 0.6 is 0 Å². The molecule has 1 aliphatic heterocycles. The number of benzene rings is 1. The van der Waals surface area contributed by atoms with Gasteiger partial charge in [0.1, 0.15) is 10.6 Å². The van der Waals surface area contributed by atoms with Crippen LogP contribution in [0, 0.1) is 25.7 Å². The van der Waals surface area contributed by atoms with Gasteiger partial charge in [0.05, 0.1) is 0 Å². The molecule has 0 aliphatic carbocycles. The topological polar surface area (TPSA) is 95.8 Å². The Bertz CT molecular complexity index is 979. The Morgan fingerprint density at radius 3 is 2.50 bits per heavy atom. The zero-order valence-electron chi connectivity index (χ0n) is 19.4. The highest BCUT2D eigenvalue weighted by atomic mass is 32.2. The van der Waals surface area contributed by atoms with Gasteiger partial charge >= 0.3 is 0 Å². The summed E-state index contributed by atoms with van der Waals surface area (Å²) >= 11 is 0. The van der Waals surface area contributed by atoms with E-state index in [9.17, 15) is 13.2 Å². The van der Waals surface area contributed by atoms with Crippen LogP contribution in [-0.4, -0.2) is 57.0 Å². The molecule has 1 aliphatic rings. The van der Waals surface area contributed by atoms with E-state index in [2.05, 4.69) is 27.5 Å². The van der Waals surface area contributed by atoms with Gasteiger partial charge in [-0.2, -0.15) is 4.31 Å². The van der Waals surface area contributed by atoms with Crippen LogP contribution in [0.1, 0.15) is 37.6 Å². The quantitative estimate of drug-likeness (QED) is 0.576. The number of sulfonamides is 1. The molecular formula is C23H34N4O4S. The molecule has 0 saturated carbocycles. The van der Waals surface area contributed by atoms with E-state index in [4.69, 9.17) is 4.52 Å². The van der Waals surface area contributed by atoms with E-state index in [1.54, 1.807) is 13.8 Å². The Balaban J connectivity index is 1.43. The number of aromatic nitrogens is 1. The molecule has 1 saturated heterocycles. The smallest absolute Gasteiger partial charge is 0.248 e. The third kappa shape index (κ3) is 5.50. The number of aryl methyl sites for hydroxylation is 2. The standard InChI is InChI=1S/C23H34N4O4S/c1-17(23(28)24-13-8-14-26(4)21-9-6-5-7-10-21)20-11-15-27(16-12-20)32(29,30)22-18(2)25-31-19(22)3/h5-7,9-10,17,20H,8,11-16H2,1-4H3,(H,24,28). The molecule has 0 radical (unpaired) electrons. The number of hydrogen-bond donors (Lipinski definition) is 1. The lowest BCUT2D eigenvalue weighted by Gasteiger charge is -2.33. The fourth-order valence-corrected chi connectivity index (χ4v) is 6.06. The van der Waals surface area contributed by atoms with Gasteiger partial charge in [-0.05, 0) is 51.2 Å². The highest BCUT2D eigenvalue weighted by Crippen LogP contribution is 2.30. The lowest BCUT2D eigenvalue weighted by Crippen LogP contribution is -2.43. The number of hydrogen-bond acceptors (Lipinski definition) is 6. The fraction of sp³-hybridized carbons (Fsp3) is 0.565. The van der Waals surface area contributed by atoms with Gasteiger partial charge in [-0.1, -0.05) is 30.3 Å². The Morgan fingerprint density at radius 1 is 1.25 bits per heavy atom. The molecule has 1 aromatic carbocycles. The van der Waals surface area contributed by atoms with Crippen LogP contribution in [0.4, 0.5) is 5.69 Å². The molecule has 1 atom stereocenters. The highest BCUT2D eigenvalue weighted by Gasteiger charge is 2.36. The van der Waals surface area contributed by atoms with E-state index in [0.717, 1.165) is 18.7 Å². The molecule has 8 nitrogen and oxygen atoms in total. The molecule has 1 fully saturated rings. The maximum absolute atomic E-state index is 13.0. The number of carbonyl (C=O) groups excluding carboxylic acids is 1. The fourth-order valence-electron chi connectivity index (χ4n) is 4.30. The molecule has 3 rings (SSSR count). The zero-order chi connectivity index (χ0) is 23.3. The molecule has 2 aromatic rings. The van der Waals surface area contributed by atoms with Crippen LogP contribution in [0.15, 0.2) is 39.8 Å². The van der Waals surface area contributed by atoms with Crippen molar-refractivity contribution in [3.8, 4) is 0 Å². The van der Waals surface area contributed by atoms with E-state index in [-0.39, 0.29) is 22.6 Å². The molecule has 2 heterocycles. The van der Waals surface area contributed by atoms with Crippen LogP contribution in [0.5, 0.6) is 0 Å². The molecule has 32 heavy (non-hydrogen) atoms. The maximum Gasteiger partial charge on any atom is 0.248 e. The molecule has 1 amide bonds. The monoisotopic (exact) mass is 462 g/mol. The molecule has 0 spiro atoms. The second-order valence-electron chi connectivity index (χ2n) is 8.59. The van der Waals surface area contributed by atoms with Crippen molar-refractivity contribution in [1.29, 1.82) is 0 Å². The first-order valence-corrected chi connectivity index (χ1v) is 12.6. The van der Waals surface area contributed by atoms with Gasteiger partial charge < -0.3 is 14.7 Å². The predicted molar refractivity (Wildman–Crippen MR) is 124 cm³/mol. The number of carbonyl (C=O) groups is 1. The first-order valence-electron chi connectivity index (χ1n) is 11.2. The van der Waals surface area contributed by atoms with Crippen LogP contribution in [0.2, 0.25) is 0 Å². The summed E-state index contributed by atoms with van der Waals surface area (Å²) in [6, 6.07) is 10.2. The summed E-state index contributed by atoms with van der Waals surface area (Å²) in [6.45, 7) is 7.47. The number of amides is 1. The van der Waals surface area contributed by atoms with Gasteiger partial charge in [0, 0.05) is 44.8 Å². The Hall–Kier alpha value is -2.39. The number of nitrogens with one attached hydrogen (secondary N) is 1. The average molecular weight is 463 g/mol. The van der Waals surface area contributed by atoms with Gasteiger partial charge in [-0.3, -0.25) is 4.79 Å². The van der Waals surface area contributed by atoms with Crippen molar-refractivity contribution < 1.29 is 17.7 Å². The maximum atomic E-state index is 13.0. The summed E-state index contributed by atoms with van der Waals surface area (Å²) in [5.74, 6) is 0.374. The van der Waals surface area contributed by atoms with Crippen molar-refractivity contribution in [1.82, 2.24) is 14.8 Å². The lowest BCUT2D eigenvalue weighted by atomic mass is 9.85. The van der Waals surface area contributed by atoms with Gasteiger partial charge in [0.25, 0.3) is 0 Å². The molecule has 0 bridgehead atoms. The normalized spacial score (nSPS) is 16.6. The number of nitrogens with zero attached hydrogens (tertiary/aromatic N) is 3. The van der Waals surface area contributed by atoms with Crippen molar-refractivity contribution in [2.24, 2.45) is 11.8 Å². The van der Waals surface area contributed by atoms with Crippen molar-refractivity contribution in [2.45, 2.75) is 44.9 Å². The minimum Gasteiger partial charge on any atom is -0.375 e. The SMILES string of the molecule is Cc1noc(C)c1S(=O)(=O)N1CCC(C(C)C(=O)NCCCN(C)c2ccccc2)CC1. The summed E-state index contributed by atoms with van der Waals surface area (Å²) in [6.07, 6.45) is 2.18. The minimum atomic E-state index is -3.63. The van der Waals surface area contributed by atoms with E-state index in [1.165, 1.54) is 4.31 Å². The van der Waals surface area contributed by atoms with Gasteiger partial charge in [0.2, 0.25) is 15.9 Å². The van der Waals surface area contributed by atoms with Crippen molar-refractivity contribution in [2.75, 3.05) is 38.1 Å². The van der Waals surface area contributed by atoms with E-state index >= 15 is 0 Å². The van der Waals surface area contributed by atoms with E-state index in [1.807, 2.05) is 32.2 Å². The van der Waals surface area contributed by atoms with Crippen LogP contribution in [-0.2, 0) is 14.8 Å². The van der Waals surface area contributed by atoms with Crippen LogP contribution in [0.3, 0.4) is 0 Å². The second-order valence-corrected chi connectivity index (χ2v) is 10.5. The van der Waals surface area contributed by atoms with Gasteiger partial charge in [-0.25, -0.2) is 8.42 Å². The largest absolute Gasteiger partial charge is 0.375 e. The molecule has 176 valence electrons. The number of piperidine rings is 1. The summed E-state index contributed by atoms with van der Waals surface area (Å²) < 4.78 is 32.5. The molecule has 1 N–H and O–H groups in total. The lowest BCUT2D eigenvalue weighted by molar-refractivity contribution is -0.126. The van der Waals surface area contributed by atoms with Crippen LogP contribution < -0.4 is 10.2 Å². The Morgan fingerprint density at radius 2 is 1.91 bits per heavy atom. The zero-order valence-corrected chi connectivity index (χ0v) is 20.2. The molecule has 9 heteroatoms. The predicted octanol–water partition coefficient (Wildman–Crippen LogP) is 2.97. The minimum absolute atomic E-state index is 0.0411. The van der Waals surface area contributed by atoms with Crippen molar-refractivity contribution >= 4 is 21.6 Å². The first-order chi connectivity index (χ1) is 15.2. The van der Waals surface area contributed by atoms with Crippen LogP contribution in [0.25, 0.3) is 0 Å². The summed E-state index contributed by atoms with van der Waals surface area (Å²) in [4.78, 5) is 15.0. The number of rotatable bonds is 9. The number of para-hydroxylation sites is 1. The average Bonchev–Trinajstić information content (AvgIpc) is 3.15. The van der Waals surface area contributed by atoms with Gasteiger partial charge in [-0.15, -0.1) is 0 Å². The Labute approximate surface area is 191 Å².